The Kier molecular flexibility index (Phi) is 9.31. The fourth-order valence-electron chi connectivity index (χ4n) is 3.72. The molecule has 27 heavy (non-hydrogen) atoms. The smallest absolute Gasteiger partial charge is 0.193 e. The lowest BCUT2D eigenvalue weighted by Crippen LogP contribution is -2.43. The van der Waals surface area contributed by atoms with Gasteiger partial charge in [0.15, 0.2) is 5.96 Å². The van der Waals surface area contributed by atoms with E-state index in [9.17, 15) is 0 Å². The highest BCUT2D eigenvalue weighted by Crippen LogP contribution is 2.49. The predicted molar refractivity (Wildman–Crippen MR) is 124 cm³/mol. The summed E-state index contributed by atoms with van der Waals surface area (Å²) in [5.74, 6) is 1.59. The van der Waals surface area contributed by atoms with E-state index in [1.165, 1.54) is 22.9 Å². The van der Waals surface area contributed by atoms with Gasteiger partial charge in [0.2, 0.25) is 0 Å². The fourth-order valence-corrected chi connectivity index (χ4v) is 4.42. The number of aliphatic imine (C=N–C) groups is 1. The van der Waals surface area contributed by atoms with Crippen LogP contribution in [0.3, 0.4) is 0 Å². The molecule has 1 aromatic carbocycles. The number of halogens is 2. The van der Waals surface area contributed by atoms with Crippen molar-refractivity contribution in [2.45, 2.75) is 24.7 Å². The lowest BCUT2D eigenvalue weighted by Gasteiger charge is -2.25. The molecule has 1 saturated carbocycles. The van der Waals surface area contributed by atoms with E-state index in [2.05, 4.69) is 55.4 Å². The Balaban J connectivity index is 0.00000261. The summed E-state index contributed by atoms with van der Waals surface area (Å²) in [5, 5.41) is 3.63. The van der Waals surface area contributed by atoms with Crippen LogP contribution in [0.1, 0.15) is 24.8 Å². The maximum absolute atomic E-state index is 5.70. The van der Waals surface area contributed by atoms with Crippen LogP contribution in [-0.4, -0.2) is 64.5 Å². The van der Waals surface area contributed by atoms with Gasteiger partial charge in [-0.1, -0.05) is 34.1 Å². The zero-order valence-electron chi connectivity index (χ0n) is 16.2. The summed E-state index contributed by atoms with van der Waals surface area (Å²) >= 11 is 3.71. The number of likely N-dealkylation sites (tertiary alicyclic amines) is 1. The summed E-state index contributed by atoms with van der Waals surface area (Å²) < 4.78 is 11.9. The van der Waals surface area contributed by atoms with E-state index >= 15 is 0 Å². The molecule has 7 heteroatoms. The molecule has 0 radical (unpaired) electrons. The molecule has 0 aromatic heterocycles. The average molecular weight is 552 g/mol. The van der Waals surface area contributed by atoms with Crippen molar-refractivity contribution < 1.29 is 9.47 Å². The number of hydrogen-bond donors (Lipinski definition) is 1. The van der Waals surface area contributed by atoms with Crippen LogP contribution < -0.4 is 5.32 Å². The fraction of sp³-hybridized carbons (Fsp3) is 0.650. The zero-order chi connectivity index (χ0) is 18.4. The second kappa shape index (κ2) is 11.0. The third-order valence-electron chi connectivity index (χ3n) is 5.47. The Morgan fingerprint density at radius 1 is 1.33 bits per heavy atom. The predicted octanol–water partition coefficient (Wildman–Crippen LogP) is 3.66. The monoisotopic (exact) mass is 551 g/mol. The molecular formula is C20H31BrIN3O2. The Hall–Kier alpha value is -0.380. The van der Waals surface area contributed by atoms with Crippen molar-refractivity contribution in [3.63, 3.8) is 0 Å². The molecule has 2 aliphatic rings. The van der Waals surface area contributed by atoms with Gasteiger partial charge in [0.05, 0.1) is 19.8 Å². The molecule has 1 aliphatic heterocycles. The number of hydrogen-bond acceptors (Lipinski definition) is 3. The Bertz CT molecular complexity index is 625. The highest BCUT2D eigenvalue weighted by Gasteiger charge is 2.45. The van der Waals surface area contributed by atoms with Crippen molar-refractivity contribution in [3.05, 3.63) is 34.3 Å². The molecule has 1 heterocycles. The van der Waals surface area contributed by atoms with Crippen molar-refractivity contribution in [1.82, 2.24) is 10.2 Å². The molecule has 1 atom stereocenters. The summed E-state index contributed by atoms with van der Waals surface area (Å²) in [6.07, 6.45) is 3.62. The molecule has 0 bridgehead atoms. The van der Waals surface area contributed by atoms with E-state index in [1.807, 2.05) is 7.05 Å². The molecule has 152 valence electrons. The van der Waals surface area contributed by atoms with Gasteiger partial charge in [0.25, 0.3) is 0 Å². The Morgan fingerprint density at radius 2 is 2.11 bits per heavy atom. The topological polar surface area (TPSA) is 46.1 Å². The van der Waals surface area contributed by atoms with Crippen molar-refractivity contribution >= 4 is 45.9 Å². The van der Waals surface area contributed by atoms with Gasteiger partial charge in [-0.05, 0) is 30.9 Å². The number of nitrogens with one attached hydrogen (secondary N) is 1. The van der Waals surface area contributed by atoms with Crippen LogP contribution in [0.15, 0.2) is 33.7 Å². The van der Waals surface area contributed by atoms with Crippen LogP contribution in [0.5, 0.6) is 0 Å². The maximum atomic E-state index is 5.70. The summed E-state index contributed by atoms with van der Waals surface area (Å²) in [7, 11) is 3.58. The van der Waals surface area contributed by atoms with Crippen LogP contribution in [-0.2, 0) is 14.9 Å². The van der Waals surface area contributed by atoms with Gasteiger partial charge in [0.1, 0.15) is 0 Å². The summed E-state index contributed by atoms with van der Waals surface area (Å²) in [6.45, 7) is 5.13. The highest BCUT2D eigenvalue weighted by molar-refractivity contribution is 14.0. The van der Waals surface area contributed by atoms with Crippen molar-refractivity contribution in [3.8, 4) is 0 Å². The first-order chi connectivity index (χ1) is 12.7. The van der Waals surface area contributed by atoms with Gasteiger partial charge >= 0.3 is 0 Å². The van der Waals surface area contributed by atoms with Crippen molar-refractivity contribution in [2.75, 3.05) is 53.6 Å². The number of guanidine groups is 1. The second-order valence-electron chi connectivity index (χ2n) is 7.33. The first kappa shape index (κ1) is 22.9. The first-order valence-corrected chi connectivity index (χ1v) is 10.2. The molecule has 0 amide bonds. The van der Waals surface area contributed by atoms with Gasteiger partial charge in [0, 0.05) is 49.6 Å². The lowest BCUT2D eigenvalue weighted by atomic mass is 9.96. The van der Waals surface area contributed by atoms with Crippen molar-refractivity contribution in [2.24, 2.45) is 10.9 Å². The van der Waals surface area contributed by atoms with E-state index < -0.39 is 0 Å². The number of ether oxygens (including phenoxy) is 2. The number of methoxy groups -OCH3 is 1. The molecule has 1 N–H and O–H groups in total. The minimum atomic E-state index is 0. The molecule has 0 spiro atoms. The largest absolute Gasteiger partial charge is 0.382 e. The normalized spacial score (nSPS) is 21.1. The van der Waals surface area contributed by atoms with Gasteiger partial charge in [-0.3, -0.25) is 4.99 Å². The van der Waals surface area contributed by atoms with Gasteiger partial charge in [-0.2, -0.15) is 0 Å². The molecule has 1 aliphatic carbocycles. The molecule has 5 nitrogen and oxygen atoms in total. The Labute approximate surface area is 188 Å². The zero-order valence-corrected chi connectivity index (χ0v) is 20.2. The van der Waals surface area contributed by atoms with Gasteiger partial charge in [-0.25, -0.2) is 0 Å². The van der Waals surface area contributed by atoms with Gasteiger partial charge in [-0.15, -0.1) is 24.0 Å². The maximum Gasteiger partial charge on any atom is 0.193 e. The van der Waals surface area contributed by atoms with E-state index in [4.69, 9.17) is 9.47 Å². The molecule has 1 aromatic rings. The third-order valence-corrected chi connectivity index (χ3v) is 6.16. The van der Waals surface area contributed by atoms with Crippen LogP contribution >= 0.6 is 39.9 Å². The highest BCUT2D eigenvalue weighted by atomic mass is 127. The molecule has 1 saturated heterocycles. The third kappa shape index (κ3) is 6.05. The minimum absolute atomic E-state index is 0. The summed E-state index contributed by atoms with van der Waals surface area (Å²) in [4.78, 5) is 6.88. The van der Waals surface area contributed by atoms with Crippen LogP contribution in [0.2, 0.25) is 0 Å². The van der Waals surface area contributed by atoms with Crippen molar-refractivity contribution in [1.29, 1.82) is 0 Å². The van der Waals surface area contributed by atoms with Gasteiger partial charge < -0.3 is 19.7 Å². The van der Waals surface area contributed by atoms with Crippen LogP contribution in [0.25, 0.3) is 0 Å². The average Bonchev–Trinajstić information content (AvgIpc) is 3.29. The van der Waals surface area contributed by atoms with Crippen LogP contribution in [0.4, 0.5) is 0 Å². The molecular weight excluding hydrogens is 521 g/mol. The SMILES string of the molecule is CN=C(NCC1(c2ccccc2Br)CC1)N1CCC(COCCOC)C1.I. The second-order valence-corrected chi connectivity index (χ2v) is 8.18. The number of benzene rings is 1. The van der Waals surface area contributed by atoms with E-state index in [0.29, 0.717) is 19.1 Å². The Morgan fingerprint density at radius 3 is 2.78 bits per heavy atom. The summed E-state index contributed by atoms with van der Waals surface area (Å²) in [5.41, 5.74) is 1.66. The quantitative estimate of drug-likeness (QED) is 0.232. The lowest BCUT2D eigenvalue weighted by molar-refractivity contribution is 0.0536. The number of rotatable bonds is 8. The molecule has 3 rings (SSSR count). The first-order valence-electron chi connectivity index (χ1n) is 9.46. The molecule has 2 fully saturated rings. The standard InChI is InChI=1S/C20H30BrN3O2.HI/c1-22-19(24-10-7-16(13-24)14-26-12-11-25-2)23-15-20(8-9-20)17-5-3-4-6-18(17)21;/h3-6,16H,7-15H2,1-2H3,(H,22,23);1H. The van der Waals surface area contributed by atoms with E-state index in [0.717, 1.165) is 38.6 Å². The van der Waals surface area contributed by atoms with E-state index in [1.54, 1.807) is 7.11 Å². The summed E-state index contributed by atoms with van der Waals surface area (Å²) in [6, 6.07) is 8.59. The van der Waals surface area contributed by atoms with Crippen LogP contribution in [0, 0.1) is 5.92 Å². The molecule has 1 unspecified atom stereocenters. The minimum Gasteiger partial charge on any atom is -0.382 e. The number of nitrogens with zero attached hydrogens (tertiary/aromatic N) is 2. The van der Waals surface area contributed by atoms with E-state index in [-0.39, 0.29) is 29.4 Å².